The fourth-order valence-corrected chi connectivity index (χ4v) is 2.37. The van der Waals surface area contributed by atoms with E-state index in [-0.39, 0.29) is 18.3 Å². The van der Waals surface area contributed by atoms with Crippen LogP contribution in [0.25, 0.3) is 0 Å². The van der Waals surface area contributed by atoms with Crippen LogP contribution in [0.5, 0.6) is 0 Å². The van der Waals surface area contributed by atoms with Gasteiger partial charge in [-0.2, -0.15) is 0 Å². The second-order valence-corrected chi connectivity index (χ2v) is 6.57. The van der Waals surface area contributed by atoms with Crippen molar-refractivity contribution in [3.05, 3.63) is 0 Å². The first-order valence-electron chi connectivity index (χ1n) is 6.13. The molecule has 8 heteroatoms. The minimum Gasteiger partial charge on any atom is -0.376 e. The molecule has 0 saturated carbocycles. The Labute approximate surface area is 113 Å². The second-order valence-electron chi connectivity index (χ2n) is 4.68. The first kappa shape index (κ1) is 17.0. The van der Waals surface area contributed by atoms with E-state index in [9.17, 15) is 9.46 Å². The lowest BCUT2D eigenvalue weighted by Crippen LogP contribution is -2.39. The highest BCUT2D eigenvalue weighted by Crippen LogP contribution is 2.42. The number of rotatable bonds is 7. The van der Waals surface area contributed by atoms with Crippen molar-refractivity contribution in [2.24, 2.45) is 0 Å². The van der Waals surface area contributed by atoms with Crippen LogP contribution in [0.2, 0.25) is 0 Å². The Morgan fingerprint density at radius 2 is 1.95 bits per heavy atom. The first-order valence-corrected chi connectivity index (χ1v) is 7.90. The van der Waals surface area contributed by atoms with Gasteiger partial charge >= 0.3 is 7.60 Å². The van der Waals surface area contributed by atoms with Crippen LogP contribution in [0.15, 0.2) is 0 Å². The van der Waals surface area contributed by atoms with Crippen LogP contribution < -0.4 is 0 Å². The summed E-state index contributed by atoms with van der Waals surface area (Å²) in [5.41, 5.74) is 0. The van der Waals surface area contributed by atoms with Gasteiger partial charge in [0.05, 0.1) is 12.2 Å². The SMILES string of the molecule is CO[C@@H]1[C@H](OC(C)C)[C@@H](OCP(=O)(O)OC)O[C@H]1C. The minimum atomic E-state index is -3.73. The molecule has 0 aliphatic carbocycles. The molecule has 7 nitrogen and oxygen atoms in total. The first-order chi connectivity index (χ1) is 8.80. The smallest absolute Gasteiger partial charge is 0.353 e. The lowest BCUT2D eigenvalue weighted by molar-refractivity contribution is -0.177. The maximum Gasteiger partial charge on any atom is 0.353 e. The third-order valence-corrected chi connectivity index (χ3v) is 3.84. The van der Waals surface area contributed by atoms with Crippen molar-refractivity contribution >= 4 is 7.60 Å². The van der Waals surface area contributed by atoms with Crippen molar-refractivity contribution < 1.29 is 32.9 Å². The van der Waals surface area contributed by atoms with E-state index in [1.807, 2.05) is 20.8 Å². The second kappa shape index (κ2) is 7.13. The minimum absolute atomic E-state index is 0.0361. The highest BCUT2D eigenvalue weighted by atomic mass is 31.2. The van der Waals surface area contributed by atoms with Crippen LogP contribution in [-0.2, 0) is 28.0 Å². The van der Waals surface area contributed by atoms with E-state index >= 15 is 0 Å². The maximum atomic E-state index is 11.4. The van der Waals surface area contributed by atoms with Crippen LogP contribution in [0.1, 0.15) is 20.8 Å². The molecule has 0 spiro atoms. The van der Waals surface area contributed by atoms with Gasteiger partial charge in [-0.3, -0.25) is 4.57 Å². The molecule has 1 rings (SSSR count). The molecule has 1 saturated heterocycles. The van der Waals surface area contributed by atoms with Crippen molar-refractivity contribution in [2.75, 3.05) is 20.6 Å². The highest BCUT2D eigenvalue weighted by molar-refractivity contribution is 7.52. The summed E-state index contributed by atoms with van der Waals surface area (Å²) in [6, 6.07) is 0. The topological polar surface area (TPSA) is 83.5 Å². The van der Waals surface area contributed by atoms with Crippen molar-refractivity contribution in [1.29, 1.82) is 0 Å². The Hall–Kier alpha value is -0.0100. The summed E-state index contributed by atoms with van der Waals surface area (Å²) in [5.74, 6) is 0. The summed E-state index contributed by atoms with van der Waals surface area (Å²) >= 11 is 0. The molecular weight excluding hydrogens is 275 g/mol. The summed E-state index contributed by atoms with van der Waals surface area (Å²) in [4.78, 5) is 9.32. The molecule has 0 aromatic rings. The van der Waals surface area contributed by atoms with E-state index in [0.717, 1.165) is 7.11 Å². The molecule has 1 aliphatic heterocycles. The fourth-order valence-electron chi connectivity index (χ4n) is 1.92. The van der Waals surface area contributed by atoms with Gasteiger partial charge in [0.1, 0.15) is 12.2 Å². The molecule has 0 aromatic heterocycles. The van der Waals surface area contributed by atoms with Crippen molar-refractivity contribution in [2.45, 2.75) is 51.5 Å². The molecule has 0 aromatic carbocycles. The average Bonchev–Trinajstić information content (AvgIpc) is 2.62. The zero-order chi connectivity index (χ0) is 14.6. The molecule has 5 atom stereocenters. The highest BCUT2D eigenvalue weighted by Gasteiger charge is 2.45. The van der Waals surface area contributed by atoms with Gasteiger partial charge in [0.15, 0.2) is 12.6 Å². The Morgan fingerprint density at radius 1 is 1.32 bits per heavy atom. The molecule has 0 amide bonds. The standard InChI is InChI=1S/C11H23O7P/c1-7(2)17-10-9(14-4)8(3)18-11(10)16-6-19(12,13)15-5/h7-11H,6H2,1-5H3,(H,12,13)/t8-,9-,10-,11-/m0/s1. The molecule has 1 fully saturated rings. The van der Waals surface area contributed by atoms with Crippen molar-refractivity contribution in [1.82, 2.24) is 0 Å². The molecule has 1 unspecified atom stereocenters. The Bertz CT molecular complexity index is 322. The number of hydrogen-bond donors (Lipinski definition) is 1. The summed E-state index contributed by atoms with van der Waals surface area (Å²) in [7, 11) is -1.01. The van der Waals surface area contributed by atoms with Crippen LogP contribution in [-0.4, -0.2) is 56.2 Å². The lowest BCUT2D eigenvalue weighted by atomic mass is 10.1. The zero-order valence-corrected chi connectivity index (χ0v) is 12.8. The summed E-state index contributed by atoms with van der Waals surface area (Å²) in [5, 5.41) is 0. The van der Waals surface area contributed by atoms with Crippen LogP contribution in [0.3, 0.4) is 0 Å². The predicted molar refractivity (Wildman–Crippen MR) is 67.9 cm³/mol. The number of hydrogen-bond acceptors (Lipinski definition) is 6. The van der Waals surface area contributed by atoms with Crippen LogP contribution in [0, 0.1) is 0 Å². The van der Waals surface area contributed by atoms with Crippen molar-refractivity contribution in [3.8, 4) is 0 Å². The lowest BCUT2D eigenvalue weighted by Gasteiger charge is -2.25. The van der Waals surface area contributed by atoms with Gasteiger partial charge in [-0.1, -0.05) is 0 Å². The quantitative estimate of drug-likeness (QED) is 0.710. The Balaban J connectivity index is 2.66. The van der Waals surface area contributed by atoms with E-state index in [1.54, 1.807) is 7.11 Å². The van der Waals surface area contributed by atoms with Crippen LogP contribution in [0.4, 0.5) is 0 Å². The van der Waals surface area contributed by atoms with E-state index in [0.29, 0.717) is 0 Å². The van der Waals surface area contributed by atoms with Gasteiger partial charge in [0.2, 0.25) is 0 Å². The normalized spacial score (nSPS) is 34.7. The van der Waals surface area contributed by atoms with Gasteiger partial charge in [-0.05, 0) is 20.8 Å². The molecule has 0 bridgehead atoms. The molecule has 1 aliphatic rings. The van der Waals surface area contributed by atoms with Gasteiger partial charge < -0.3 is 28.4 Å². The number of ether oxygens (including phenoxy) is 4. The third kappa shape index (κ3) is 4.79. The van der Waals surface area contributed by atoms with E-state index in [2.05, 4.69) is 4.52 Å². The molecule has 114 valence electrons. The summed E-state index contributed by atoms with van der Waals surface area (Å²) in [6.45, 7) is 5.61. The van der Waals surface area contributed by atoms with E-state index in [4.69, 9.17) is 18.9 Å². The maximum absolute atomic E-state index is 11.4. The monoisotopic (exact) mass is 298 g/mol. The third-order valence-electron chi connectivity index (χ3n) is 2.79. The average molecular weight is 298 g/mol. The van der Waals surface area contributed by atoms with Crippen molar-refractivity contribution in [3.63, 3.8) is 0 Å². The van der Waals surface area contributed by atoms with Crippen LogP contribution >= 0.6 is 7.60 Å². The molecule has 1 N–H and O–H groups in total. The predicted octanol–water partition coefficient (Wildman–Crippen LogP) is 1.35. The van der Waals surface area contributed by atoms with Gasteiger partial charge in [-0.15, -0.1) is 0 Å². The van der Waals surface area contributed by atoms with Gasteiger partial charge in [-0.25, -0.2) is 0 Å². The molecule has 0 radical (unpaired) electrons. The van der Waals surface area contributed by atoms with Gasteiger partial charge in [0, 0.05) is 14.2 Å². The van der Waals surface area contributed by atoms with Gasteiger partial charge in [0.25, 0.3) is 0 Å². The zero-order valence-electron chi connectivity index (χ0n) is 11.9. The fraction of sp³-hybridized carbons (Fsp3) is 1.00. The van der Waals surface area contributed by atoms with E-state index < -0.39 is 26.3 Å². The Morgan fingerprint density at radius 3 is 2.42 bits per heavy atom. The summed E-state index contributed by atoms with van der Waals surface area (Å²) in [6.07, 6.45) is -2.19. The largest absolute Gasteiger partial charge is 0.376 e. The molecule has 19 heavy (non-hydrogen) atoms. The molecule has 1 heterocycles. The Kier molecular flexibility index (Phi) is 6.39. The molecular formula is C11H23O7P. The summed E-state index contributed by atoms with van der Waals surface area (Å²) < 4.78 is 37.7. The number of methoxy groups -OCH3 is 1. The van der Waals surface area contributed by atoms with E-state index in [1.165, 1.54) is 0 Å².